The van der Waals surface area contributed by atoms with E-state index in [2.05, 4.69) is 15.4 Å². The van der Waals surface area contributed by atoms with Crippen LogP contribution in [-0.4, -0.2) is 40.4 Å². The van der Waals surface area contributed by atoms with Crippen molar-refractivity contribution >= 4 is 27.5 Å². The van der Waals surface area contributed by atoms with Gasteiger partial charge >= 0.3 is 0 Å². The highest BCUT2D eigenvalue weighted by Crippen LogP contribution is 2.26. The molecule has 0 spiro atoms. The lowest BCUT2D eigenvalue weighted by atomic mass is 10.1. The average Bonchev–Trinajstić information content (AvgIpc) is 3.32. The van der Waals surface area contributed by atoms with Gasteiger partial charge in [0.15, 0.2) is 0 Å². The van der Waals surface area contributed by atoms with Crippen molar-refractivity contribution in [3.05, 3.63) is 53.8 Å². The Balaban J connectivity index is 1.48. The van der Waals surface area contributed by atoms with Crippen molar-refractivity contribution in [3.63, 3.8) is 0 Å². The summed E-state index contributed by atoms with van der Waals surface area (Å²) in [7, 11) is -2.73. The van der Waals surface area contributed by atoms with E-state index in [0.29, 0.717) is 11.3 Å². The molecule has 10 heteroatoms. The van der Waals surface area contributed by atoms with Gasteiger partial charge in [0.1, 0.15) is 16.5 Å². The molecule has 172 valence electrons. The van der Waals surface area contributed by atoms with Gasteiger partial charge < -0.3 is 15.4 Å². The maximum Gasteiger partial charge on any atom is 0.251 e. The van der Waals surface area contributed by atoms with Crippen molar-refractivity contribution in [2.45, 2.75) is 30.6 Å². The summed E-state index contributed by atoms with van der Waals surface area (Å²) < 4.78 is 45.5. The summed E-state index contributed by atoms with van der Waals surface area (Å²) >= 11 is 0. The molecule has 0 aliphatic heterocycles. The van der Waals surface area contributed by atoms with Crippen LogP contribution in [0.25, 0.3) is 0 Å². The minimum atomic E-state index is -4.02. The topological polar surface area (TPSA) is 114 Å². The first-order valence-corrected chi connectivity index (χ1v) is 11.8. The van der Waals surface area contributed by atoms with Crippen LogP contribution in [0.1, 0.15) is 36.0 Å². The Morgan fingerprint density at radius 2 is 1.75 bits per heavy atom. The van der Waals surface area contributed by atoms with Crippen LogP contribution >= 0.6 is 0 Å². The van der Waals surface area contributed by atoms with E-state index in [1.54, 1.807) is 24.3 Å². The van der Waals surface area contributed by atoms with E-state index in [1.165, 1.54) is 13.2 Å². The van der Waals surface area contributed by atoms with Crippen LogP contribution in [0.4, 0.5) is 10.1 Å². The summed E-state index contributed by atoms with van der Waals surface area (Å²) in [5, 5.41) is 5.47. The van der Waals surface area contributed by atoms with Crippen LogP contribution in [0.15, 0.2) is 47.4 Å². The second kappa shape index (κ2) is 10.6. The zero-order valence-corrected chi connectivity index (χ0v) is 18.5. The summed E-state index contributed by atoms with van der Waals surface area (Å²) in [5.74, 6) is -1.03. The first kappa shape index (κ1) is 23.7. The third-order valence-corrected chi connectivity index (χ3v) is 6.74. The molecular formula is C22H26FN3O5S. The van der Waals surface area contributed by atoms with Crippen LogP contribution in [0.2, 0.25) is 0 Å². The highest BCUT2D eigenvalue weighted by molar-refractivity contribution is 7.89. The van der Waals surface area contributed by atoms with Crippen LogP contribution in [0, 0.1) is 11.7 Å². The van der Waals surface area contributed by atoms with Gasteiger partial charge in [-0.05, 0) is 55.3 Å². The molecule has 0 bridgehead atoms. The Morgan fingerprint density at radius 1 is 1.06 bits per heavy atom. The van der Waals surface area contributed by atoms with Gasteiger partial charge in [-0.15, -0.1) is 0 Å². The first-order valence-electron chi connectivity index (χ1n) is 10.3. The first-order chi connectivity index (χ1) is 15.3. The smallest absolute Gasteiger partial charge is 0.251 e. The molecule has 3 N–H and O–H groups in total. The Hall–Kier alpha value is -2.98. The monoisotopic (exact) mass is 463 g/mol. The lowest BCUT2D eigenvalue weighted by Gasteiger charge is -2.12. The van der Waals surface area contributed by atoms with Gasteiger partial charge in [-0.1, -0.05) is 12.8 Å². The van der Waals surface area contributed by atoms with Crippen molar-refractivity contribution < 1.29 is 27.1 Å². The molecule has 1 fully saturated rings. The number of benzene rings is 2. The van der Waals surface area contributed by atoms with Gasteiger partial charge in [-0.2, -0.15) is 0 Å². The maximum atomic E-state index is 13.4. The molecule has 0 radical (unpaired) electrons. The number of hydrogen-bond donors (Lipinski definition) is 3. The lowest BCUT2D eigenvalue weighted by molar-refractivity contribution is -0.119. The van der Waals surface area contributed by atoms with Gasteiger partial charge in [0.25, 0.3) is 5.91 Å². The molecule has 0 aromatic heterocycles. The standard InChI is InChI=1S/C22H26FN3O5S/c1-31-19-11-8-17(23)14-20(19)32(29,30)25-13-12-24-21(27)16-6-9-18(10-7-16)26-22(28)15-4-2-3-5-15/h6-11,14-15,25H,2-5,12-13H2,1H3,(H,24,27)(H,26,28). The van der Waals surface area contributed by atoms with E-state index >= 15 is 0 Å². The number of rotatable bonds is 9. The molecular weight excluding hydrogens is 437 g/mol. The number of hydrogen-bond acceptors (Lipinski definition) is 5. The van der Waals surface area contributed by atoms with Crippen LogP contribution in [0.3, 0.4) is 0 Å². The molecule has 0 unspecified atom stereocenters. The molecule has 0 atom stereocenters. The van der Waals surface area contributed by atoms with Gasteiger partial charge in [0.2, 0.25) is 15.9 Å². The van der Waals surface area contributed by atoms with Crippen molar-refractivity contribution in [1.82, 2.24) is 10.0 Å². The fraction of sp³-hybridized carbons (Fsp3) is 0.364. The predicted molar refractivity (Wildman–Crippen MR) is 118 cm³/mol. The van der Waals surface area contributed by atoms with Crippen molar-refractivity contribution in [1.29, 1.82) is 0 Å². The van der Waals surface area contributed by atoms with Gasteiger partial charge in [-0.3, -0.25) is 9.59 Å². The number of halogens is 1. The molecule has 2 amide bonds. The maximum absolute atomic E-state index is 13.4. The molecule has 0 saturated heterocycles. The quantitative estimate of drug-likeness (QED) is 0.495. The normalized spacial score (nSPS) is 14.2. The molecule has 32 heavy (non-hydrogen) atoms. The number of amides is 2. The zero-order valence-electron chi connectivity index (χ0n) is 17.7. The minimum absolute atomic E-state index is 0.00177. The molecule has 8 nitrogen and oxygen atoms in total. The van der Waals surface area contributed by atoms with Gasteiger partial charge in [0, 0.05) is 30.3 Å². The van der Waals surface area contributed by atoms with E-state index in [9.17, 15) is 22.4 Å². The third kappa shape index (κ3) is 6.04. The molecule has 1 aliphatic carbocycles. The Labute approximate surface area is 186 Å². The molecule has 2 aromatic rings. The van der Waals surface area contributed by atoms with E-state index in [4.69, 9.17) is 4.74 Å². The largest absolute Gasteiger partial charge is 0.495 e. The molecule has 2 aromatic carbocycles. The summed E-state index contributed by atoms with van der Waals surface area (Å²) in [5.41, 5.74) is 0.994. The van der Waals surface area contributed by atoms with Crippen molar-refractivity contribution in [2.24, 2.45) is 5.92 Å². The number of carbonyl (C=O) groups excluding carboxylic acids is 2. The van der Waals surface area contributed by atoms with E-state index < -0.39 is 15.8 Å². The van der Waals surface area contributed by atoms with E-state index in [1.807, 2.05) is 0 Å². The van der Waals surface area contributed by atoms with Crippen LogP contribution < -0.4 is 20.1 Å². The fourth-order valence-electron chi connectivity index (χ4n) is 3.54. The Bertz CT molecular complexity index is 1070. The number of methoxy groups -OCH3 is 1. The summed E-state index contributed by atoms with van der Waals surface area (Å²) in [4.78, 5) is 24.1. The lowest BCUT2D eigenvalue weighted by Crippen LogP contribution is -2.34. The molecule has 1 aliphatic rings. The number of anilines is 1. The van der Waals surface area contributed by atoms with Crippen molar-refractivity contribution in [2.75, 3.05) is 25.5 Å². The minimum Gasteiger partial charge on any atom is -0.495 e. The summed E-state index contributed by atoms with van der Waals surface area (Å²) in [6, 6.07) is 9.67. The molecule has 0 heterocycles. The van der Waals surface area contributed by atoms with Crippen LogP contribution in [0.5, 0.6) is 5.75 Å². The number of sulfonamides is 1. The number of nitrogens with one attached hydrogen (secondary N) is 3. The SMILES string of the molecule is COc1ccc(F)cc1S(=O)(=O)NCCNC(=O)c1ccc(NC(=O)C2CCCC2)cc1. The number of ether oxygens (including phenoxy) is 1. The summed E-state index contributed by atoms with van der Waals surface area (Å²) in [6.07, 6.45) is 3.95. The van der Waals surface area contributed by atoms with E-state index in [0.717, 1.165) is 37.8 Å². The predicted octanol–water partition coefficient (Wildman–Crippen LogP) is 2.67. The zero-order chi connectivity index (χ0) is 23.1. The summed E-state index contributed by atoms with van der Waals surface area (Å²) in [6.45, 7) is -0.0703. The second-order valence-corrected chi connectivity index (χ2v) is 9.23. The second-order valence-electron chi connectivity index (χ2n) is 7.50. The van der Waals surface area contributed by atoms with Gasteiger partial charge in [0.05, 0.1) is 7.11 Å². The molecule has 1 saturated carbocycles. The number of carbonyl (C=O) groups is 2. The van der Waals surface area contributed by atoms with Crippen LogP contribution in [-0.2, 0) is 14.8 Å². The Morgan fingerprint density at radius 3 is 2.41 bits per heavy atom. The fourth-order valence-corrected chi connectivity index (χ4v) is 4.75. The third-order valence-electron chi connectivity index (χ3n) is 5.26. The average molecular weight is 464 g/mol. The van der Waals surface area contributed by atoms with Crippen molar-refractivity contribution in [3.8, 4) is 5.75 Å². The van der Waals surface area contributed by atoms with E-state index in [-0.39, 0.29) is 41.5 Å². The molecule has 3 rings (SSSR count). The highest BCUT2D eigenvalue weighted by atomic mass is 32.2. The Kier molecular flexibility index (Phi) is 7.81. The highest BCUT2D eigenvalue weighted by Gasteiger charge is 2.23. The van der Waals surface area contributed by atoms with Gasteiger partial charge in [-0.25, -0.2) is 17.5 Å².